The van der Waals surface area contributed by atoms with E-state index in [9.17, 15) is 9.59 Å². The molecule has 2 rings (SSSR count). The van der Waals surface area contributed by atoms with E-state index in [1.807, 2.05) is 18.2 Å². The molecule has 1 atom stereocenters. The number of carbonyl (C=O) groups is 2. The van der Waals surface area contributed by atoms with E-state index in [0.29, 0.717) is 16.7 Å². The molecule has 0 spiro atoms. The van der Waals surface area contributed by atoms with E-state index < -0.39 is 12.0 Å². The molecular weight excluding hydrogens is 332 g/mol. The Balaban J connectivity index is 1.95. The Labute approximate surface area is 144 Å². The topological polar surface area (TPSA) is 92.4 Å². The third-order valence-electron chi connectivity index (χ3n) is 3.51. The maximum Gasteiger partial charge on any atom is 0.326 e. The van der Waals surface area contributed by atoms with Crippen LogP contribution in [0.3, 0.4) is 0 Å². The number of carboxylic acid groups (broad SMARTS) is 1. The minimum atomic E-state index is -1.05. The van der Waals surface area contributed by atoms with Gasteiger partial charge in [0.15, 0.2) is 11.7 Å². The van der Waals surface area contributed by atoms with Crippen LogP contribution in [0.1, 0.15) is 26.2 Å². The van der Waals surface area contributed by atoms with Gasteiger partial charge in [0.05, 0.1) is 11.2 Å². The molecule has 0 bridgehead atoms. The van der Waals surface area contributed by atoms with Crippen molar-refractivity contribution in [2.45, 2.75) is 32.7 Å². The summed E-state index contributed by atoms with van der Waals surface area (Å²) >= 11 is 6.10. The third-order valence-corrected chi connectivity index (χ3v) is 3.84. The monoisotopic (exact) mass is 350 g/mol. The first-order valence-electron chi connectivity index (χ1n) is 7.60. The van der Waals surface area contributed by atoms with Crippen molar-refractivity contribution in [3.05, 3.63) is 41.4 Å². The first-order valence-corrected chi connectivity index (χ1v) is 7.98. The Hall–Kier alpha value is -2.34. The van der Waals surface area contributed by atoms with Gasteiger partial charge in [0.25, 0.3) is 0 Å². The molecule has 1 amide bonds. The van der Waals surface area contributed by atoms with Crippen molar-refractivity contribution < 1.29 is 19.1 Å². The van der Waals surface area contributed by atoms with Gasteiger partial charge in [-0.3, -0.25) is 4.79 Å². The van der Waals surface area contributed by atoms with E-state index in [4.69, 9.17) is 21.1 Å². The molecule has 0 aliphatic rings. The average Bonchev–Trinajstić information content (AvgIpc) is 2.99. The molecule has 0 unspecified atom stereocenters. The third kappa shape index (κ3) is 4.58. The molecule has 1 aromatic heterocycles. The number of hydrogen-bond acceptors (Lipinski definition) is 4. The highest BCUT2D eigenvalue weighted by Gasteiger charge is 2.23. The first-order chi connectivity index (χ1) is 11.4. The number of oxazole rings is 1. The fourth-order valence-corrected chi connectivity index (χ4v) is 2.42. The van der Waals surface area contributed by atoms with Crippen LogP contribution in [0.2, 0.25) is 5.02 Å². The summed E-state index contributed by atoms with van der Waals surface area (Å²) in [6, 6.07) is 6.33. The predicted molar refractivity (Wildman–Crippen MR) is 89.7 cm³/mol. The lowest BCUT2D eigenvalue weighted by Gasteiger charge is -2.17. The predicted octanol–water partition coefficient (Wildman–Crippen LogP) is 3.15. The zero-order chi connectivity index (χ0) is 17.7. The quantitative estimate of drug-likeness (QED) is 0.800. The van der Waals surface area contributed by atoms with Crippen LogP contribution in [0.25, 0.3) is 11.3 Å². The fourth-order valence-electron chi connectivity index (χ4n) is 2.19. The summed E-state index contributed by atoms with van der Waals surface area (Å²) in [7, 11) is 0. The van der Waals surface area contributed by atoms with E-state index in [0.717, 1.165) is 5.56 Å². The number of nitrogens with one attached hydrogen (secondary N) is 1. The highest BCUT2D eigenvalue weighted by Crippen LogP contribution is 2.28. The summed E-state index contributed by atoms with van der Waals surface area (Å²) in [5.74, 6) is -0.665. The zero-order valence-corrected chi connectivity index (χ0v) is 14.2. The molecule has 7 heteroatoms. The average molecular weight is 351 g/mol. The van der Waals surface area contributed by atoms with Crippen LogP contribution in [0.15, 0.2) is 34.9 Å². The van der Waals surface area contributed by atoms with Gasteiger partial charge in [-0.1, -0.05) is 37.6 Å². The van der Waals surface area contributed by atoms with Gasteiger partial charge in [0.2, 0.25) is 5.91 Å². The number of aryl methyl sites for hydroxylation is 1. The largest absolute Gasteiger partial charge is 0.480 e. The molecule has 2 N–H and O–H groups in total. The van der Waals surface area contributed by atoms with Crippen LogP contribution in [0, 0.1) is 5.92 Å². The molecule has 0 saturated carbocycles. The molecule has 1 heterocycles. The Morgan fingerprint density at radius 1 is 1.33 bits per heavy atom. The van der Waals surface area contributed by atoms with E-state index in [2.05, 4.69) is 10.3 Å². The second kappa shape index (κ2) is 7.97. The van der Waals surface area contributed by atoms with Crippen LogP contribution in [-0.4, -0.2) is 28.0 Å². The molecular formula is C17H19ClN2O4. The molecule has 24 heavy (non-hydrogen) atoms. The standard InChI is InChI=1S/C17H19ClN2O4/c1-10(2)16(17(22)23)20-14(21)7-8-15-19-9-13(24-15)11-5-3-4-6-12(11)18/h3-6,9-10,16H,7-8H2,1-2H3,(H,20,21)(H,22,23)/t16-/m0/s1. The molecule has 128 valence electrons. The highest BCUT2D eigenvalue weighted by molar-refractivity contribution is 6.33. The lowest BCUT2D eigenvalue weighted by molar-refractivity contribution is -0.143. The highest BCUT2D eigenvalue weighted by atomic mass is 35.5. The van der Waals surface area contributed by atoms with Crippen molar-refractivity contribution in [1.82, 2.24) is 10.3 Å². The second-order valence-electron chi connectivity index (χ2n) is 5.73. The fraction of sp³-hybridized carbons (Fsp3) is 0.353. The number of nitrogens with zero attached hydrogens (tertiary/aromatic N) is 1. The zero-order valence-electron chi connectivity index (χ0n) is 13.5. The van der Waals surface area contributed by atoms with Gasteiger partial charge in [0, 0.05) is 18.4 Å². The van der Waals surface area contributed by atoms with E-state index in [1.54, 1.807) is 26.1 Å². The Bertz CT molecular complexity index is 727. The SMILES string of the molecule is CC(C)[C@H](NC(=O)CCc1ncc(-c2ccccc2Cl)o1)C(=O)O. The summed E-state index contributed by atoms with van der Waals surface area (Å²) in [5.41, 5.74) is 0.730. The number of rotatable bonds is 7. The Kier molecular flexibility index (Phi) is 5.98. The summed E-state index contributed by atoms with van der Waals surface area (Å²) in [5, 5.41) is 12.1. The molecule has 0 radical (unpaired) electrons. The van der Waals surface area contributed by atoms with Crippen LogP contribution in [-0.2, 0) is 16.0 Å². The first kappa shape index (κ1) is 18.0. The summed E-state index contributed by atoms with van der Waals surface area (Å²) in [6.45, 7) is 3.48. The number of hydrogen-bond donors (Lipinski definition) is 2. The van der Waals surface area contributed by atoms with Crippen molar-refractivity contribution in [3.8, 4) is 11.3 Å². The summed E-state index contributed by atoms with van der Waals surface area (Å²) in [6.07, 6.45) is 1.93. The van der Waals surface area contributed by atoms with Crippen molar-refractivity contribution in [2.24, 2.45) is 5.92 Å². The van der Waals surface area contributed by atoms with Gasteiger partial charge in [-0.05, 0) is 18.1 Å². The number of amides is 1. The summed E-state index contributed by atoms with van der Waals surface area (Å²) in [4.78, 5) is 27.1. The minimum Gasteiger partial charge on any atom is -0.480 e. The number of carboxylic acids is 1. The second-order valence-corrected chi connectivity index (χ2v) is 6.13. The number of aliphatic carboxylic acids is 1. The number of carbonyl (C=O) groups excluding carboxylic acids is 1. The summed E-state index contributed by atoms with van der Waals surface area (Å²) < 4.78 is 5.61. The van der Waals surface area contributed by atoms with Gasteiger partial charge in [0.1, 0.15) is 6.04 Å². The van der Waals surface area contributed by atoms with Crippen molar-refractivity contribution in [3.63, 3.8) is 0 Å². The molecule has 0 aliphatic heterocycles. The van der Waals surface area contributed by atoms with Crippen molar-refractivity contribution in [1.29, 1.82) is 0 Å². The van der Waals surface area contributed by atoms with Crippen molar-refractivity contribution in [2.75, 3.05) is 0 Å². The molecule has 0 aliphatic carbocycles. The van der Waals surface area contributed by atoms with Gasteiger partial charge in [-0.25, -0.2) is 9.78 Å². The van der Waals surface area contributed by atoms with Crippen LogP contribution in [0.4, 0.5) is 0 Å². The normalized spacial score (nSPS) is 12.2. The van der Waals surface area contributed by atoms with Gasteiger partial charge in [-0.15, -0.1) is 0 Å². The molecule has 0 saturated heterocycles. The maximum absolute atomic E-state index is 11.9. The molecule has 2 aromatic rings. The van der Waals surface area contributed by atoms with Gasteiger partial charge >= 0.3 is 5.97 Å². The minimum absolute atomic E-state index is 0.0962. The van der Waals surface area contributed by atoms with Gasteiger partial charge in [-0.2, -0.15) is 0 Å². The van der Waals surface area contributed by atoms with E-state index >= 15 is 0 Å². The maximum atomic E-state index is 11.9. The molecule has 6 nitrogen and oxygen atoms in total. The van der Waals surface area contributed by atoms with E-state index in [-0.39, 0.29) is 24.7 Å². The Morgan fingerprint density at radius 2 is 2.04 bits per heavy atom. The lowest BCUT2D eigenvalue weighted by atomic mass is 10.0. The van der Waals surface area contributed by atoms with Crippen LogP contribution >= 0.6 is 11.6 Å². The Morgan fingerprint density at radius 3 is 2.67 bits per heavy atom. The van der Waals surface area contributed by atoms with Gasteiger partial charge < -0.3 is 14.8 Å². The number of aromatic nitrogens is 1. The van der Waals surface area contributed by atoms with Crippen molar-refractivity contribution >= 4 is 23.5 Å². The number of benzene rings is 1. The molecule has 0 fully saturated rings. The lowest BCUT2D eigenvalue weighted by Crippen LogP contribution is -2.44. The van der Waals surface area contributed by atoms with Crippen LogP contribution in [0.5, 0.6) is 0 Å². The number of halogens is 1. The van der Waals surface area contributed by atoms with E-state index in [1.165, 1.54) is 0 Å². The molecule has 1 aromatic carbocycles. The smallest absolute Gasteiger partial charge is 0.326 e. The van der Waals surface area contributed by atoms with Crippen LogP contribution < -0.4 is 5.32 Å².